The molecule has 0 saturated heterocycles. The summed E-state index contributed by atoms with van der Waals surface area (Å²) in [5.41, 5.74) is 0. The molecular formula is C68H130N2O7P+. The molecule has 3 unspecified atom stereocenters. The molecular weight excluding hydrogens is 988 g/mol. The largest absolute Gasteiger partial charge is 0.472 e. The third-order valence-corrected chi connectivity index (χ3v) is 16.0. The number of ether oxygens (including phenoxy) is 1. The summed E-state index contributed by atoms with van der Waals surface area (Å²) in [4.78, 5) is 37.7. The van der Waals surface area contributed by atoms with Crippen LogP contribution in [0.5, 0.6) is 0 Å². The molecule has 0 radical (unpaired) electrons. The van der Waals surface area contributed by atoms with E-state index >= 15 is 0 Å². The Kier molecular flexibility index (Phi) is 56.7. The summed E-state index contributed by atoms with van der Waals surface area (Å²) in [6.45, 7) is 7.01. The van der Waals surface area contributed by atoms with Gasteiger partial charge in [-0.05, 0) is 70.3 Å². The van der Waals surface area contributed by atoms with Gasteiger partial charge in [0.1, 0.15) is 19.3 Å². The summed E-state index contributed by atoms with van der Waals surface area (Å²) in [5.74, 6) is -0.493. The number of unbranched alkanes of at least 4 members (excludes halogenated alkanes) is 39. The third-order valence-electron chi connectivity index (χ3n) is 15.0. The minimum absolute atomic E-state index is 0.0420. The molecule has 0 bridgehead atoms. The molecule has 10 heteroatoms. The van der Waals surface area contributed by atoms with Crippen LogP contribution in [0.25, 0.3) is 0 Å². The number of quaternary nitrogens is 1. The van der Waals surface area contributed by atoms with Crippen LogP contribution in [0.2, 0.25) is 0 Å². The second-order valence-electron chi connectivity index (χ2n) is 24.0. The fourth-order valence-corrected chi connectivity index (χ4v) is 10.6. The highest BCUT2D eigenvalue weighted by Gasteiger charge is 2.30. The standard InChI is InChI=1S/C68H129N2O7P/c1-7-10-13-16-19-22-25-27-29-30-31-32-33-34-35-36-37-38-39-40-41-42-45-48-51-54-57-60-67(71)69-65(64-76-78(73,74)75-63-62-70(4,5)6)66(59-56-53-50-47-44-24-21-18-15-12-9-3)77-68(72)61-58-55-52-49-46-43-28-26-23-20-17-14-11-8-2/h19,22,27,29,31-32,56,59,65-66H,7-18,20-21,23-26,28,30,33-55,57-58,60-64H2,1-6H3,(H-,69,71,73,74)/p+1/b22-19-,29-27-,32-31-,59-56-. The van der Waals surface area contributed by atoms with Crippen LogP contribution in [-0.4, -0.2) is 74.3 Å². The van der Waals surface area contributed by atoms with Gasteiger partial charge in [-0.25, -0.2) is 4.57 Å². The van der Waals surface area contributed by atoms with Gasteiger partial charge < -0.3 is 19.4 Å². The number of carbonyl (C=O) groups is 2. The van der Waals surface area contributed by atoms with Gasteiger partial charge in [-0.1, -0.05) is 288 Å². The predicted octanol–water partition coefficient (Wildman–Crippen LogP) is 20.8. The lowest BCUT2D eigenvalue weighted by atomic mass is 10.0. The van der Waals surface area contributed by atoms with Crippen LogP contribution in [-0.2, 0) is 27.9 Å². The van der Waals surface area contributed by atoms with Gasteiger partial charge in [0.05, 0.1) is 33.8 Å². The van der Waals surface area contributed by atoms with Crippen LogP contribution < -0.4 is 5.32 Å². The SMILES string of the molecule is CCCCC/C=C\C/C=C\C/C=C\CCCCCCCCCCCCCCCCC(=O)NC(COP(=O)(O)OCC[N+](C)(C)C)C(/C=C\CCCCCCCCCCC)OC(=O)CCCCCCCCCCCCCCCC. The first-order chi connectivity index (χ1) is 37.9. The lowest BCUT2D eigenvalue weighted by molar-refractivity contribution is -0.870. The van der Waals surface area contributed by atoms with Crippen molar-refractivity contribution in [3.8, 4) is 0 Å². The second kappa shape index (κ2) is 58.2. The maximum absolute atomic E-state index is 13.6. The number of phosphoric acid groups is 1. The molecule has 0 aromatic carbocycles. The highest BCUT2D eigenvalue weighted by molar-refractivity contribution is 7.47. The van der Waals surface area contributed by atoms with E-state index in [0.29, 0.717) is 23.9 Å². The van der Waals surface area contributed by atoms with Crippen LogP contribution in [0, 0.1) is 0 Å². The number of rotatable bonds is 61. The Morgan fingerprint density at radius 2 is 0.782 bits per heavy atom. The lowest BCUT2D eigenvalue weighted by Gasteiger charge is -2.27. The van der Waals surface area contributed by atoms with Crippen molar-refractivity contribution in [2.45, 2.75) is 335 Å². The van der Waals surface area contributed by atoms with Crippen molar-refractivity contribution in [2.75, 3.05) is 40.9 Å². The molecule has 3 atom stereocenters. The molecule has 0 spiro atoms. The molecule has 0 aromatic rings. The van der Waals surface area contributed by atoms with Crippen molar-refractivity contribution >= 4 is 19.7 Å². The maximum atomic E-state index is 13.6. The number of hydrogen-bond acceptors (Lipinski definition) is 6. The van der Waals surface area contributed by atoms with E-state index in [4.69, 9.17) is 13.8 Å². The number of esters is 1. The highest BCUT2D eigenvalue weighted by Crippen LogP contribution is 2.43. The van der Waals surface area contributed by atoms with Crippen molar-refractivity contribution in [3.05, 3.63) is 48.6 Å². The minimum Gasteiger partial charge on any atom is -0.456 e. The van der Waals surface area contributed by atoms with Crippen molar-refractivity contribution in [1.82, 2.24) is 5.32 Å². The van der Waals surface area contributed by atoms with E-state index in [0.717, 1.165) is 70.6 Å². The first-order valence-electron chi connectivity index (χ1n) is 33.5. The van der Waals surface area contributed by atoms with Gasteiger partial charge >= 0.3 is 13.8 Å². The number of allylic oxidation sites excluding steroid dienone is 7. The van der Waals surface area contributed by atoms with Gasteiger partial charge in [0.25, 0.3) is 0 Å². The molecule has 2 N–H and O–H groups in total. The molecule has 0 aliphatic carbocycles. The fourth-order valence-electron chi connectivity index (χ4n) is 9.83. The Morgan fingerprint density at radius 3 is 1.19 bits per heavy atom. The molecule has 1 amide bonds. The Morgan fingerprint density at radius 1 is 0.449 bits per heavy atom. The van der Waals surface area contributed by atoms with E-state index < -0.39 is 20.0 Å². The number of likely N-dealkylation sites (N-methyl/N-ethyl adjacent to an activating group) is 1. The number of nitrogens with zero attached hydrogens (tertiary/aromatic N) is 1. The third kappa shape index (κ3) is 58.6. The topological polar surface area (TPSA) is 111 Å². The summed E-state index contributed by atoms with van der Waals surface area (Å²) in [7, 11) is 1.51. The van der Waals surface area contributed by atoms with Crippen LogP contribution >= 0.6 is 7.82 Å². The number of carbonyl (C=O) groups excluding carboxylic acids is 2. The van der Waals surface area contributed by atoms with E-state index in [1.165, 1.54) is 218 Å². The molecule has 0 saturated carbocycles. The average Bonchev–Trinajstić information content (AvgIpc) is 3.41. The Balaban J connectivity index is 4.98. The first-order valence-corrected chi connectivity index (χ1v) is 35.0. The molecule has 9 nitrogen and oxygen atoms in total. The van der Waals surface area contributed by atoms with Crippen molar-refractivity contribution in [1.29, 1.82) is 0 Å². The Hall–Kier alpha value is -2.03. The van der Waals surface area contributed by atoms with Crippen molar-refractivity contribution in [3.63, 3.8) is 0 Å². The zero-order valence-electron chi connectivity index (χ0n) is 52.4. The van der Waals surface area contributed by atoms with Crippen molar-refractivity contribution < 1.29 is 37.3 Å². The Bertz CT molecular complexity index is 1470. The van der Waals surface area contributed by atoms with Gasteiger partial charge in [-0.15, -0.1) is 0 Å². The maximum Gasteiger partial charge on any atom is 0.472 e. The van der Waals surface area contributed by atoms with Crippen LogP contribution in [0.1, 0.15) is 323 Å². The molecule has 0 aliphatic heterocycles. The van der Waals surface area contributed by atoms with Gasteiger partial charge in [-0.2, -0.15) is 0 Å². The van der Waals surface area contributed by atoms with E-state index in [2.05, 4.69) is 62.5 Å². The summed E-state index contributed by atoms with van der Waals surface area (Å²) >= 11 is 0. The van der Waals surface area contributed by atoms with Gasteiger partial charge in [0, 0.05) is 12.8 Å². The molecule has 458 valence electrons. The van der Waals surface area contributed by atoms with Gasteiger partial charge in [0.15, 0.2) is 0 Å². The normalized spacial score (nSPS) is 13.9. The van der Waals surface area contributed by atoms with Crippen molar-refractivity contribution in [2.24, 2.45) is 0 Å². The molecule has 0 rings (SSSR count). The van der Waals surface area contributed by atoms with Crippen LogP contribution in [0.3, 0.4) is 0 Å². The summed E-state index contributed by atoms with van der Waals surface area (Å²) < 4.78 is 30.7. The summed E-state index contributed by atoms with van der Waals surface area (Å²) in [6.07, 6.45) is 72.6. The fraction of sp³-hybridized carbons (Fsp3) is 0.853. The van der Waals surface area contributed by atoms with Gasteiger partial charge in [-0.3, -0.25) is 18.6 Å². The quantitative estimate of drug-likeness (QED) is 0.0205. The van der Waals surface area contributed by atoms with E-state index in [9.17, 15) is 19.0 Å². The monoisotopic (exact) mass is 1120 g/mol. The van der Waals surface area contributed by atoms with E-state index in [1.807, 2.05) is 33.3 Å². The number of nitrogens with one attached hydrogen (secondary N) is 1. The average molecular weight is 1120 g/mol. The smallest absolute Gasteiger partial charge is 0.456 e. The molecule has 0 aliphatic rings. The molecule has 0 heterocycles. The second-order valence-corrected chi connectivity index (χ2v) is 25.5. The van der Waals surface area contributed by atoms with Crippen LogP contribution in [0.4, 0.5) is 0 Å². The van der Waals surface area contributed by atoms with Gasteiger partial charge in [0.2, 0.25) is 5.91 Å². The van der Waals surface area contributed by atoms with E-state index in [1.54, 1.807) is 0 Å². The lowest BCUT2D eigenvalue weighted by Crippen LogP contribution is -2.47. The van der Waals surface area contributed by atoms with Crippen LogP contribution in [0.15, 0.2) is 48.6 Å². The summed E-state index contributed by atoms with van der Waals surface area (Å²) in [6, 6.07) is -0.845. The Labute approximate surface area is 484 Å². The number of hydrogen-bond donors (Lipinski definition) is 2. The first kappa shape index (κ1) is 76.0. The number of phosphoric ester groups is 1. The molecule has 0 fully saturated rings. The number of amides is 1. The van der Waals surface area contributed by atoms with E-state index in [-0.39, 0.29) is 25.1 Å². The highest BCUT2D eigenvalue weighted by atomic mass is 31.2. The molecule has 0 aromatic heterocycles. The summed E-state index contributed by atoms with van der Waals surface area (Å²) in [5, 5.41) is 3.07. The zero-order chi connectivity index (χ0) is 57.2. The zero-order valence-corrected chi connectivity index (χ0v) is 53.3. The minimum atomic E-state index is -4.45. The predicted molar refractivity (Wildman–Crippen MR) is 337 cm³/mol. The molecule has 78 heavy (non-hydrogen) atoms.